The molecule has 0 bridgehead atoms. The standard InChI is InChI=1S/C16H15ClN6O3/c1-9-14(19-16(24)15-13(23(25)26)7-18-20-15)10(2)22(21-9)8-11-4-3-5-12(17)6-11/h3-7H,8H2,1-2H3,(H,18,20)(H,19,24). The Morgan fingerprint density at radius 3 is 2.88 bits per heavy atom. The number of hydrogen-bond donors (Lipinski definition) is 2. The highest BCUT2D eigenvalue weighted by Gasteiger charge is 2.24. The molecule has 3 rings (SSSR count). The summed E-state index contributed by atoms with van der Waals surface area (Å²) in [6, 6.07) is 7.40. The van der Waals surface area contributed by atoms with Crippen molar-refractivity contribution in [2.75, 3.05) is 5.32 Å². The van der Waals surface area contributed by atoms with Gasteiger partial charge < -0.3 is 5.32 Å². The summed E-state index contributed by atoms with van der Waals surface area (Å²) >= 11 is 6.00. The highest BCUT2D eigenvalue weighted by Crippen LogP contribution is 2.23. The van der Waals surface area contributed by atoms with Gasteiger partial charge in [0.25, 0.3) is 5.91 Å². The van der Waals surface area contributed by atoms with Crippen molar-refractivity contribution in [3.05, 3.63) is 68.2 Å². The number of anilines is 1. The van der Waals surface area contributed by atoms with Gasteiger partial charge in [-0.15, -0.1) is 0 Å². The van der Waals surface area contributed by atoms with Gasteiger partial charge in [-0.3, -0.25) is 24.7 Å². The van der Waals surface area contributed by atoms with Crippen LogP contribution in [0.2, 0.25) is 5.02 Å². The van der Waals surface area contributed by atoms with Crippen LogP contribution in [-0.4, -0.2) is 30.8 Å². The summed E-state index contributed by atoms with van der Waals surface area (Å²) < 4.78 is 1.73. The summed E-state index contributed by atoms with van der Waals surface area (Å²) in [4.78, 5) is 22.7. The van der Waals surface area contributed by atoms with E-state index in [9.17, 15) is 14.9 Å². The fourth-order valence-electron chi connectivity index (χ4n) is 2.60. The number of halogens is 1. The maximum atomic E-state index is 12.4. The largest absolute Gasteiger partial charge is 0.319 e. The number of carbonyl (C=O) groups is 1. The van der Waals surface area contributed by atoms with Crippen LogP contribution in [0.15, 0.2) is 30.5 Å². The van der Waals surface area contributed by atoms with Crippen LogP contribution in [0.4, 0.5) is 11.4 Å². The third-order valence-corrected chi connectivity index (χ3v) is 4.12. The minimum atomic E-state index is -0.666. The van der Waals surface area contributed by atoms with Gasteiger partial charge in [-0.05, 0) is 31.5 Å². The number of hydrogen-bond acceptors (Lipinski definition) is 5. The first-order chi connectivity index (χ1) is 12.4. The molecular weight excluding hydrogens is 360 g/mol. The first-order valence-corrected chi connectivity index (χ1v) is 8.02. The summed E-state index contributed by atoms with van der Waals surface area (Å²) in [5.41, 5.74) is 2.18. The Morgan fingerprint density at radius 1 is 1.42 bits per heavy atom. The van der Waals surface area contributed by atoms with E-state index >= 15 is 0 Å². The van der Waals surface area contributed by atoms with Gasteiger partial charge in [0, 0.05) is 5.02 Å². The number of carbonyl (C=O) groups excluding carboxylic acids is 1. The molecule has 1 aromatic carbocycles. The second-order valence-corrected chi connectivity index (χ2v) is 6.11. The van der Waals surface area contributed by atoms with Crippen molar-refractivity contribution in [2.45, 2.75) is 20.4 Å². The fraction of sp³-hybridized carbons (Fsp3) is 0.188. The number of nitrogens with zero attached hydrogens (tertiary/aromatic N) is 4. The van der Waals surface area contributed by atoms with Gasteiger partial charge in [0.15, 0.2) is 0 Å². The predicted molar refractivity (Wildman–Crippen MR) is 95.5 cm³/mol. The average Bonchev–Trinajstić information content (AvgIpc) is 3.16. The van der Waals surface area contributed by atoms with Crippen LogP contribution in [0.5, 0.6) is 0 Å². The second kappa shape index (κ2) is 6.96. The van der Waals surface area contributed by atoms with Crippen molar-refractivity contribution >= 4 is 28.9 Å². The molecule has 0 aliphatic heterocycles. The molecule has 9 nitrogen and oxygen atoms in total. The van der Waals surface area contributed by atoms with Gasteiger partial charge in [0.1, 0.15) is 6.20 Å². The molecule has 0 fully saturated rings. The van der Waals surface area contributed by atoms with Gasteiger partial charge in [-0.1, -0.05) is 23.7 Å². The van der Waals surface area contributed by atoms with E-state index in [-0.39, 0.29) is 11.4 Å². The number of benzene rings is 1. The first-order valence-electron chi connectivity index (χ1n) is 7.64. The highest BCUT2D eigenvalue weighted by atomic mass is 35.5. The zero-order valence-electron chi connectivity index (χ0n) is 14.0. The minimum absolute atomic E-state index is 0.212. The first kappa shape index (κ1) is 17.6. The third-order valence-electron chi connectivity index (χ3n) is 3.88. The molecule has 0 atom stereocenters. The van der Waals surface area contributed by atoms with Crippen LogP contribution in [0, 0.1) is 24.0 Å². The van der Waals surface area contributed by atoms with Crippen LogP contribution in [0.25, 0.3) is 0 Å². The predicted octanol–water partition coefficient (Wildman–Crippen LogP) is 3.09. The molecule has 2 heterocycles. The van der Waals surface area contributed by atoms with E-state index in [0.717, 1.165) is 17.5 Å². The molecule has 2 aromatic heterocycles. The summed E-state index contributed by atoms with van der Waals surface area (Å²) in [5, 5.41) is 24.6. The number of amides is 1. The smallest absolute Gasteiger partial charge is 0.317 e. The molecule has 0 aliphatic carbocycles. The van der Waals surface area contributed by atoms with E-state index < -0.39 is 10.8 Å². The van der Waals surface area contributed by atoms with Crippen LogP contribution in [-0.2, 0) is 6.54 Å². The van der Waals surface area contributed by atoms with Crippen molar-refractivity contribution in [1.82, 2.24) is 20.0 Å². The Kier molecular flexibility index (Phi) is 4.72. The Labute approximate surface area is 153 Å². The lowest BCUT2D eigenvalue weighted by atomic mass is 10.2. The van der Waals surface area contributed by atoms with Crippen LogP contribution < -0.4 is 5.32 Å². The lowest BCUT2D eigenvalue weighted by Crippen LogP contribution is -2.15. The van der Waals surface area contributed by atoms with E-state index in [0.29, 0.717) is 22.9 Å². The molecule has 134 valence electrons. The van der Waals surface area contributed by atoms with Gasteiger partial charge in [-0.25, -0.2) is 0 Å². The van der Waals surface area contributed by atoms with Gasteiger partial charge in [0.2, 0.25) is 5.69 Å². The number of aromatic nitrogens is 4. The molecule has 0 saturated heterocycles. The normalized spacial score (nSPS) is 10.7. The van der Waals surface area contributed by atoms with Gasteiger partial charge in [-0.2, -0.15) is 10.2 Å². The summed E-state index contributed by atoms with van der Waals surface area (Å²) in [6.07, 6.45) is 0.997. The number of nitrogens with one attached hydrogen (secondary N) is 2. The van der Waals surface area contributed by atoms with Crippen LogP contribution >= 0.6 is 11.6 Å². The van der Waals surface area contributed by atoms with Crippen molar-refractivity contribution in [3.63, 3.8) is 0 Å². The quantitative estimate of drug-likeness (QED) is 0.525. The van der Waals surface area contributed by atoms with Crippen molar-refractivity contribution < 1.29 is 9.72 Å². The lowest BCUT2D eigenvalue weighted by Gasteiger charge is -2.07. The molecule has 3 aromatic rings. The zero-order valence-corrected chi connectivity index (χ0v) is 14.7. The van der Waals surface area contributed by atoms with Crippen molar-refractivity contribution in [3.8, 4) is 0 Å². The van der Waals surface area contributed by atoms with E-state index in [2.05, 4.69) is 20.6 Å². The Hall–Kier alpha value is -3.20. The topological polar surface area (TPSA) is 119 Å². The van der Waals surface area contributed by atoms with E-state index in [1.165, 1.54) is 0 Å². The second-order valence-electron chi connectivity index (χ2n) is 5.67. The zero-order chi connectivity index (χ0) is 18.8. The number of nitro groups is 1. The molecule has 0 aliphatic rings. The van der Waals surface area contributed by atoms with E-state index in [4.69, 9.17) is 11.6 Å². The van der Waals surface area contributed by atoms with Crippen molar-refractivity contribution in [2.24, 2.45) is 0 Å². The highest BCUT2D eigenvalue weighted by molar-refractivity contribution is 6.30. The summed E-state index contributed by atoms with van der Waals surface area (Å²) in [5.74, 6) is -0.650. The van der Waals surface area contributed by atoms with E-state index in [1.807, 2.05) is 25.1 Å². The van der Waals surface area contributed by atoms with E-state index in [1.54, 1.807) is 17.7 Å². The molecule has 2 N–H and O–H groups in total. The molecule has 0 unspecified atom stereocenters. The van der Waals surface area contributed by atoms with Crippen LogP contribution in [0.3, 0.4) is 0 Å². The Bertz CT molecular complexity index is 994. The molecule has 0 saturated carbocycles. The van der Waals surface area contributed by atoms with Gasteiger partial charge in [0.05, 0.1) is 28.5 Å². The van der Waals surface area contributed by atoms with Crippen molar-refractivity contribution in [1.29, 1.82) is 0 Å². The molecular formula is C16H15ClN6O3. The summed E-state index contributed by atoms with van der Waals surface area (Å²) in [6.45, 7) is 4.04. The minimum Gasteiger partial charge on any atom is -0.317 e. The fourth-order valence-corrected chi connectivity index (χ4v) is 2.81. The molecule has 26 heavy (non-hydrogen) atoms. The Morgan fingerprint density at radius 2 is 2.19 bits per heavy atom. The SMILES string of the molecule is Cc1nn(Cc2cccc(Cl)c2)c(C)c1NC(=O)c1[nH]ncc1[N+](=O)[O-]. The lowest BCUT2D eigenvalue weighted by molar-refractivity contribution is -0.385. The molecule has 0 spiro atoms. The maximum absolute atomic E-state index is 12.4. The number of aromatic amines is 1. The average molecular weight is 375 g/mol. The van der Waals surface area contributed by atoms with Gasteiger partial charge >= 0.3 is 5.69 Å². The summed E-state index contributed by atoms with van der Waals surface area (Å²) in [7, 11) is 0. The number of H-pyrrole nitrogens is 1. The maximum Gasteiger partial charge on any atom is 0.319 e. The molecule has 10 heteroatoms. The Balaban J connectivity index is 1.85. The van der Waals surface area contributed by atoms with Crippen LogP contribution in [0.1, 0.15) is 27.4 Å². The molecule has 1 amide bonds. The third kappa shape index (κ3) is 3.42. The number of aryl methyl sites for hydroxylation is 1. The molecule has 0 radical (unpaired) electrons. The number of rotatable bonds is 5. The monoisotopic (exact) mass is 374 g/mol.